The summed E-state index contributed by atoms with van der Waals surface area (Å²) in [4.78, 5) is 72.9. The number of hydrogen-bond donors (Lipinski definition) is 3. The Morgan fingerprint density at radius 1 is 0.281 bits per heavy atom. The molecule has 0 aliphatic carbocycles. The molecule has 0 spiro atoms. The van der Waals surface area contributed by atoms with E-state index in [1.807, 2.05) is 0 Å². The molecule has 96 heavy (non-hydrogen) atoms. The van der Waals surface area contributed by atoms with Crippen molar-refractivity contribution in [3.05, 3.63) is 0 Å². The van der Waals surface area contributed by atoms with Crippen LogP contribution in [-0.4, -0.2) is 96.7 Å². The van der Waals surface area contributed by atoms with Gasteiger partial charge in [-0.15, -0.1) is 0 Å². The monoisotopic (exact) mass is 1410 g/mol. The summed E-state index contributed by atoms with van der Waals surface area (Å²) in [6, 6.07) is 0. The van der Waals surface area contributed by atoms with Gasteiger partial charge in [0.05, 0.1) is 26.4 Å². The maximum atomic E-state index is 13.1. The molecule has 0 saturated heterocycles. The van der Waals surface area contributed by atoms with Crippen LogP contribution >= 0.6 is 15.6 Å². The molecular formula is C77H150O17P2. The molecule has 0 amide bonds. The Bertz CT molecular complexity index is 1870. The smallest absolute Gasteiger partial charge is 0.462 e. The molecule has 0 bridgehead atoms. The maximum absolute atomic E-state index is 13.1. The number of phosphoric ester groups is 2. The fraction of sp³-hybridized carbons (Fsp3) is 0.948. The molecule has 0 radical (unpaired) electrons. The minimum atomic E-state index is -4.96. The van der Waals surface area contributed by atoms with Gasteiger partial charge in [-0.2, -0.15) is 0 Å². The molecule has 19 heteroatoms. The number of ether oxygens (including phenoxy) is 4. The number of carbonyl (C=O) groups is 4. The van der Waals surface area contributed by atoms with Crippen molar-refractivity contribution in [1.82, 2.24) is 0 Å². The number of hydrogen-bond acceptors (Lipinski definition) is 15. The van der Waals surface area contributed by atoms with E-state index < -0.39 is 97.5 Å². The Hall–Kier alpha value is -1.94. The summed E-state index contributed by atoms with van der Waals surface area (Å²) in [7, 11) is -9.91. The lowest BCUT2D eigenvalue weighted by Crippen LogP contribution is -2.30. The van der Waals surface area contributed by atoms with Crippen LogP contribution in [0.2, 0.25) is 0 Å². The van der Waals surface area contributed by atoms with Gasteiger partial charge in [0.1, 0.15) is 19.3 Å². The van der Waals surface area contributed by atoms with Gasteiger partial charge in [-0.25, -0.2) is 9.13 Å². The second-order valence-electron chi connectivity index (χ2n) is 29.2. The predicted molar refractivity (Wildman–Crippen MR) is 391 cm³/mol. The molecule has 0 aromatic carbocycles. The molecule has 0 rings (SSSR count). The fourth-order valence-corrected chi connectivity index (χ4v) is 13.4. The maximum Gasteiger partial charge on any atom is 0.472 e. The van der Waals surface area contributed by atoms with Crippen LogP contribution in [0.15, 0.2) is 0 Å². The zero-order chi connectivity index (χ0) is 70.9. The van der Waals surface area contributed by atoms with Crippen molar-refractivity contribution in [3.63, 3.8) is 0 Å². The van der Waals surface area contributed by atoms with Crippen molar-refractivity contribution in [2.75, 3.05) is 39.6 Å². The molecule has 3 N–H and O–H groups in total. The third kappa shape index (κ3) is 70.5. The Kier molecular flexibility index (Phi) is 66.2. The van der Waals surface area contributed by atoms with E-state index in [9.17, 15) is 43.2 Å². The van der Waals surface area contributed by atoms with Crippen LogP contribution in [0, 0.1) is 17.8 Å². The van der Waals surface area contributed by atoms with Gasteiger partial charge >= 0.3 is 39.5 Å². The summed E-state index contributed by atoms with van der Waals surface area (Å²) in [5.74, 6) is 0.138. The molecule has 0 aliphatic rings. The standard InChI is InChI=1S/C77H150O17P2/c1-8-9-10-11-12-13-14-15-16-17-18-19-20-21-31-39-46-53-60-76(81)93-72(64-87-74(79)58-51-44-37-30-24-22-27-34-41-48-55-68(2)3)66-91-95(83,84)89-62-71(78)63-90-96(85,86)92-67-73(65-88-75(80)59-52-45-38-33-26-29-36-43-50-57-70(6)7)94-77(82)61-54-47-40-32-25-23-28-35-42-49-56-69(4)5/h68-73,78H,8-67H2,1-7H3,(H,83,84)(H,85,86)/t71-,72-,73-/m1/s1. The van der Waals surface area contributed by atoms with Gasteiger partial charge in [0.25, 0.3) is 0 Å². The minimum Gasteiger partial charge on any atom is -0.462 e. The average Bonchev–Trinajstić information content (AvgIpc) is 1.17. The van der Waals surface area contributed by atoms with E-state index in [0.29, 0.717) is 25.7 Å². The highest BCUT2D eigenvalue weighted by molar-refractivity contribution is 7.47. The lowest BCUT2D eigenvalue weighted by Gasteiger charge is -2.21. The molecule has 17 nitrogen and oxygen atoms in total. The van der Waals surface area contributed by atoms with Crippen LogP contribution in [0.3, 0.4) is 0 Å². The van der Waals surface area contributed by atoms with Crippen LogP contribution in [-0.2, 0) is 65.4 Å². The largest absolute Gasteiger partial charge is 0.472 e. The highest BCUT2D eigenvalue weighted by atomic mass is 31.2. The predicted octanol–water partition coefficient (Wildman–Crippen LogP) is 22.6. The van der Waals surface area contributed by atoms with Crippen molar-refractivity contribution in [2.45, 2.75) is 414 Å². The normalized spacial score (nSPS) is 14.1. The molecule has 0 aromatic heterocycles. The van der Waals surface area contributed by atoms with Crippen LogP contribution < -0.4 is 0 Å². The van der Waals surface area contributed by atoms with Crippen LogP contribution in [0.4, 0.5) is 0 Å². The van der Waals surface area contributed by atoms with E-state index >= 15 is 0 Å². The summed E-state index contributed by atoms with van der Waals surface area (Å²) in [5, 5.41) is 10.6. The van der Waals surface area contributed by atoms with Gasteiger partial charge in [-0.3, -0.25) is 37.3 Å². The molecule has 0 fully saturated rings. The zero-order valence-corrected chi connectivity index (χ0v) is 64.6. The van der Waals surface area contributed by atoms with Crippen LogP contribution in [0.25, 0.3) is 0 Å². The Labute approximate surface area is 588 Å². The lowest BCUT2D eigenvalue weighted by molar-refractivity contribution is -0.161. The first kappa shape index (κ1) is 94.1. The zero-order valence-electron chi connectivity index (χ0n) is 62.8. The number of aliphatic hydroxyl groups is 1. The summed E-state index contributed by atoms with van der Waals surface area (Å²) in [6.45, 7) is 11.9. The quantitative estimate of drug-likeness (QED) is 0.0222. The van der Waals surface area contributed by atoms with Crippen molar-refractivity contribution < 1.29 is 80.2 Å². The molecule has 0 aromatic rings. The summed E-state index contributed by atoms with van der Waals surface area (Å²) in [6.07, 6.45) is 54.1. The van der Waals surface area contributed by atoms with E-state index in [1.54, 1.807) is 0 Å². The molecule has 2 unspecified atom stereocenters. The molecular weight excluding hydrogens is 1260 g/mol. The van der Waals surface area contributed by atoms with Gasteiger partial charge in [0.2, 0.25) is 0 Å². The SMILES string of the molecule is CCCCCCCCCCCCCCCCCCCCC(=O)O[C@H](COC(=O)CCCCCCCCCCCCC(C)C)COP(=O)(O)OC[C@@H](O)COP(=O)(O)OC[C@@H](COC(=O)CCCCCCCCCCCC(C)C)OC(=O)CCCCCCCCCCCCC(C)C. The van der Waals surface area contributed by atoms with Gasteiger partial charge in [0.15, 0.2) is 12.2 Å². The molecule has 0 saturated carbocycles. The lowest BCUT2D eigenvalue weighted by atomic mass is 10.0. The fourth-order valence-electron chi connectivity index (χ4n) is 11.8. The Morgan fingerprint density at radius 2 is 0.479 bits per heavy atom. The topological polar surface area (TPSA) is 237 Å². The van der Waals surface area contributed by atoms with Crippen molar-refractivity contribution in [3.8, 4) is 0 Å². The van der Waals surface area contributed by atoms with E-state index in [2.05, 4.69) is 48.5 Å². The number of rotatable bonds is 75. The highest BCUT2D eigenvalue weighted by Crippen LogP contribution is 2.45. The van der Waals surface area contributed by atoms with E-state index in [4.69, 9.17) is 37.0 Å². The summed E-state index contributed by atoms with van der Waals surface area (Å²) >= 11 is 0. The molecule has 5 atom stereocenters. The van der Waals surface area contributed by atoms with E-state index in [1.165, 1.54) is 205 Å². The molecule has 570 valence electrons. The van der Waals surface area contributed by atoms with Crippen LogP contribution in [0.5, 0.6) is 0 Å². The average molecular weight is 1410 g/mol. The van der Waals surface area contributed by atoms with Crippen molar-refractivity contribution >= 4 is 39.5 Å². The van der Waals surface area contributed by atoms with Gasteiger partial charge in [0, 0.05) is 25.7 Å². The first-order valence-corrected chi connectivity index (χ1v) is 42.8. The van der Waals surface area contributed by atoms with E-state index in [-0.39, 0.29) is 25.7 Å². The summed E-state index contributed by atoms with van der Waals surface area (Å²) < 4.78 is 68.6. The second kappa shape index (κ2) is 67.5. The number of carbonyl (C=O) groups excluding carboxylic acids is 4. The Morgan fingerprint density at radius 3 is 0.708 bits per heavy atom. The van der Waals surface area contributed by atoms with Gasteiger partial charge in [-0.05, 0) is 43.4 Å². The minimum absolute atomic E-state index is 0.105. The number of phosphoric acid groups is 2. The molecule has 0 aliphatic heterocycles. The first-order chi connectivity index (χ1) is 46.2. The van der Waals surface area contributed by atoms with Crippen LogP contribution in [0.1, 0.15) is 395 Å². The summed E-state index contributed by atoms with van der Waals surface area (Å²) in [5.41, 5.74) is 0. The Balaban J connectivity index is 5.25. The van der Waals surface area contributed by atoms with Gasteiger partial charge < -0.3 is 33.8 Å². The number of esters is 4. The van der Waals surface area contributed by atoms with Crippen molar-refractivity contribution in [1.29, 1.82) is 0 Å². The number of unbranched alkanes of at least 4 members (excludes halogenated alkanes) is 43. The molecule has 0 heterocycles. The first-order valence-electron chi connectivity index (χ1n) is 39.8. The number of aliphatic hydroxyl groups excluding tert-OH is 1. The highest BCUT2D eigenvalue weighted by Gasteiger charge is 2.30. The third-order valence-corrected chi connectivity index (χ3v) is 19.8. The third-order valence-electron chi connectivity index (χ3n) is 17.9. The van der Waals surface area contributed by atoms with E-state index in [0.717, 1.165) is 108 Å². The van der Waals surface area contributed by atoms with Crippen molar-refractivity contribution in [2.24, 2.45) is 17.8 Å². The second-order valence-corrected chi connectivity index (χ2v) is 32.1. The van der Waals surface area contributed by atoms with Gasteiger partial charge in [-0.1, -0.05) is 344 Å².